The highest BCUT2D eigenvalue weighted by molar-refractivity contribution is 6.36. The highest BCUT2D eigenvalue weighted by atomic mass is 35.5. The molecular weight excluding hydrogens is 213 g/mol. The Hall–Kier alpha value is -0.840. The van der Waals surface area contributed by atoms with Crippen LogP contribution in [0.4, 0.5) is 5.69 Å². The van der Waals surface area contributed by atoms with Crippen LogP contribution < -0.4 is 11.1 Å². The first-order chi connectivity index (χ1) is 6.13. The molecule has 4 nitrogen and oxygen atoms in total. The van der Waals surface area contributed by atoms with E-state index in [9.17, 15) is 4.79 Å². The Morgan fingerprint density at radius 2 is 2.31 bits per heavy atom. The van der Waals surface area contributed by atoms with Crippen molar-refractivity contribution >= 4 is 34.8 Å². The minimum Gasteiger partial charge on any atom is -0.322 e. The molecule has 0 aliphatic rings. The number of pyridine rings is 1. The van der Waals surface area contributed by atoms with Gasteiger partial charge in [0, 0.05) is 0 Å². The zero-order valence-electron chi connectivity index (χ0n) is 6.55. The predicted molar refractivity (Wildman–Crippen MR) is 51.9 cm³/mol. The van der Waals surface area contributed by atoms with Crippen molar-refractivity contribution in [2.24, 2.45) is 5.73 Å². The molecule has 0 aliphatic carbocycles. The zero-order valence-corrected chi connectivity index (χ0v) is 8.06. The molecule has 0 fully saturated rings. The number of nitrogens with two attached hydrogens (primary N) is 1. The zero-order chi connectivity index (χ0) is 9.84. The van der Waals surface area contributed by atoms with Gasteiger partial charge in [-0.25, -0.2) is 4.98 Å². The van der Waals surface area contributed by atoms with Crippen LogP contribution in [0.25, 0.3) is 0 Å². The first kappa shape index (κ1) is 10.2. The molecule has 0 aliphatic heterocycles. The van der Waals surface area contributed by atoms with Crippen LogP contribution in [0.2, 0.25) is 10.2 Å². The summed E-state index contributed by atoms with van der Waals surface area (Å²) < 4.78 is 0. The molecule has 1 aromatic rings. The van der Waals surface area contributed by atoms with Gasteiger partial charge in [-0.1, -0.05) is 23.2 Å². The highest BCUT2D eigenvalue weighted by Crippen LogP contribution is 2.22. The van der Waals surface area contributed by atoms with Gasteiger partial charge in [-0.15, -0.1) is 0 Å². The van der Waals surface area contributed by atoms with Crippen molar-refractivity contribution in [3.63, 3.8) is 0 Å². The van der Waals surface area contributed by atoms with Crippen LogP contribution in [0.5, 0.6) is 0 Å². The molecule has 6 heteroatoms. The molecule has 0 unspecified atom stereocenters. The van der Waals surface area contributed by atoms with E-state index in [1.54, 1.807) is 0 Å². The first-order valence-corrected chi connectivity index (χ1v) is 4.20. The van der Waals surface area contributed by atoms with Crippen molar-refractivity contribution in [2.45, 2.75) is 0 Å². The van der Waals surface area contributed by atoms with Gasteiger partial charge in [0.2, 0.25) is 5.91 Å². The molecule has 1 aromatic heterocycles. The van der Waals surface area contributed by atoms with Crippen molar-refractivity contribution in [1.29, 1.82) is 0 Å². The van der Waals surface area contributed by atoms with E-state index in [0.717, 1.165) is 0 Å². The largest absolute Gasteiger partial charge is 0.322 e. The summed E-state index contributed by atoms with van der Waals surface area (Å²) >= 11 is 11.3. The second-order valence-corrected chi connectivity index (χ2v) is 3.03. The minimum atomic E-state index is -0.328. The highest BCUT2D eigenvalue weighted by Gasteiger charge is 2.04. The van der Waals surface area contributed by atoms with E-state index in [1.165, 1.54) is 12.3 Å². The summed E-state index contributed by atoms with van der Waals surface area (Å²) in [6.45, 7) is -0.0983. The number of carbonyl (C=O) groups is 1. The van der Waals surface area contributed by atoms with Gasteiger partial charge < -0.3 is 11.1 Å². The lowest BCUT2D eigenvalue weighted by molar-refractivity contribution is -0.114. The molecule has 70 valence electrons. The Labute approximate surface area is 85.0 Å². The first-order valence-electron chi connectivity index (χ1n) is 3.44. The van der Waals surface area contributed by atoms with Crippen molar-refractivity contribution < 1.29 is 4.79 Å². The van der Waals surface area contributed by atoms with Crippen molar-refractivity contribution in [3.05, 3.63) is 22.4 Å². The van der Waals surface area contributed by atoms with Crippen LogP contribution >= 0.6 is 23.2 Å². The number of halogens is 2. The van der Waals surface area contributed by atoms with Gasteiger partial charge in [-0.2, -0.15) is 0 Å². The number of anilines is 1. The molecule has 1 rings (SSSR count). The minimum absolute atomic E-state index is 0.0983. The lowest BCUT2D eigenvalue weighted by Crippen LogP contribution is -2.22. The monoisotopic (exact) mass is 219 g/mol. The van der Waals surface area contributed by atoms with Gasteiger partial charge >= 0.3 is 0 Å². The van der Waals surface area contributed by atoms with E-state index in [2.05, 4.69) is 10.3 Å². The third-order valence-electron chi connectivity index (χ3n) is 1.28. The van der Waals surface area contributed by atoms with Gasteiger partial charge in [0.25, 0.3) is 0 Å². The number of carbonyl (C=O) groups excluding carboxylic acids is 1. The van der Waals surface area contributed by atoms with Gasteiger partial charge in [0.05, 0.1) is 23.5 Å². The van der Waals surface area contributed by atoms with Gasteiger partial charge in [0.1, 0.15) is 5.15 Å². The fourth-order valence-electron chi connectivity index (χ4n) is 0.701. The maximum absolute atomic E-state index is 10.9. The smallest absolute Gasteiger partial charge is 0.238 e. The standard InChI is InChI=1S/C7H7Cl2N3O/c8-4-1-6(9)11-3-5(4)12-7(13)2-10/h1,3H,2,10H2,(H,12,13). The molecule has 1 amide bonds. The number of nitrogens with one attached hydrogen (secondary N) is 1. The molecule has 0 saturated heterocycles. The van der Waals surface area contributed by atoms with Crippen LogP contribution in [-0.4, -0.2) is 17.4 Å². The molecule has 0 radical (unpaired) electrons. The number of nitrogens with zero attached hydrogens (tertiary/aromatic N) is 1. The molecule has 0 aromatic carbocycles. The Morgan fingerprint density at radius 3 is 2.85 bits per heavy atom. The van der Waals surface area contributed by atoms with E-state index < -0.39 is 0 Å². The fourth-order valence-corrected chi connectivity index (χ4v) is 1.11. The lowest BCUT2D eigenvalue weighted by atomic mass is 10.4. The maximum atomic E-state index is 10.9. The average molecular weight is 220 g/mol. The van der Waals surface area contributed by atoms with Gasteiger partial charge in [0.15, 0.2) is 0 Å². The summed E-state index contributed by atoms with van der Waals surface area (Å²) in [6, 6.07) is 1.44. The van der Waals surface area contributed by atoms with Crippen LogP contribution in [0.15, 0.2) is 12.3 Å². The molecule has 0 atom stereocenters. The van der Waals surface area contributed by atoms with Gasteiger partial charge in [-0.05, 0) is 6.07 Å². The molecule has 1 heterocycles. The third kappa shape index (κ3) is 2.84. The van der Waals surface area contributed by atoms with Crippen LogP contribution in [-0.2, 0) is 4.79 Å². The predicted octanol–water partition coefficient (Wildman–Crippen LogP) is 1.29. The normalized spacial score (nSPS) is 9.77. The van der Waals surface area contributed by atoms with Gasteiger partial charge in [-0.3, -0.25) is 4.79 Å². The topological polar surface area (TPSA) is 68.0 Å². The number of aromatic nitrogens is 1. The molecule has 0 bridgehead atoms. The van der Waals surface area contributed by atoms with E-state index in [0.29, 0.717) is 10.7 Å². The number of hydrogen-bond acceptors (Lipinski definition) is 3. The summed E-state index contributed by atoms with van der Waals surface area (Å²) in [5, 5.41) is 3.08. The van der Waals surface area contributed by atoms with Crippen LogP contribution in [0.3, 0.4) is 0 Å². The Kier molecular flexibility index (Phi) is 3.48. The van der Waals surface area contributed by atoms with Crippen molar-refractivity contribution in [1.82, 2.24) is 4.98 Å². The Morgan fingerprint density at radius 1 is 1.62 bits per heavy atom. The SMILES string of the molecule is NCC(=O)Nc1cnc(Cl)cc1Cl. The number of hydrogen-bond donors (Lipinski definition) is 2. The molecular formula is C7H7Cl2N3O. The van der Waals surface area contributed by atoms with Crippen molar-refractivity contribution in [2.75, 3.05) is 11.9 Å². The third-order valence-corrected chi connectivity index (χ3v) is 1.80. The van der Waals surface area contributed by atoms with Crippen molar-refractivity contribution in [3.8, 4) is 0 Å². The summed E-state index contributed by atoms with van der Waals surface area (Å²) in [5.74, 6) is -0.328. The van der Waals surface area contributed by atoms with E-state index in [1.807, 2.05) is 0 Å². The van der Waals surface area contributed by atoms with E-state index in [4.69, 9.17) is 28.9 Å². The van der Waals surface area contributed by atoms with Crippen LogP contribution in [0, 0.1) is 0 Å². The summed E-state index contributed by atoms with van der Waals surface area (Å²) in [6.07, 6.45) is 1.37. The summed E-state index contributed by atoms with van der Waals surface area (Å²) in [4.78, 5) is 14.6. The summed E-state index contributed by atoms with van der Waals surface area (Å²) in [7, 11) is 0. The average Bonchev–Trinajstić information content (AvgIpc) is 2.09. The quantitative estimate of drug-likeness (QED) is 0.737. The Balaban J connectivity index is 2.83. The van der Waals surface area contributed by atoms with Crippen LogP contribution in [0.1, 0.15) is 0 Å². The second-order valence-electron chi connectivity index (χ2n) is 2.24. The lowest BCUT2D eigenvalue weighted by Gasteiger charge is -2.04. The van der Waals surface area contributed by atoms with E-state index in [-0.39, 0.29) is 17.6 Å². The molecule has 3 N–H and O–H groups in total. The Bertz CT molecular complexity index is 330. The molecule has 0 saturated carbocycles. The number of rotatable bonds is 2. The molecule has 0 spiro atoms. The molecule has 13 heavy (non-hydrogen) atoms. The van der Waals surface area contributed by atoms with E-state index >= 15 is 0 Å². The second kappa shape index (κ2) is 4.41. The number of amides is 1. The maximum Gasteiger partial charge on any atom is 0.238 e. The summed E-state index contributed by atoms with van der Waals surface area (Å²) in [5.41, 5.74) is 5.50. The fraction of sp³-hybridized carbons (Fsp3) is 0.143.